The molecule has 0 aromatic heterocycles. The van der Waals surface area contributed by atoms with E-state index in [0.29, 0.717) is 19.3 Å². The van der Waals surface area contributed by atoms with Crippen LogP contribution in [0.25, 0.3) is 0 Å². The lowest BCUT2D eigenvalue weighted by atomic mass is 10.0. The van der Waals surface area contributed by atoms with E-state index in [1.807, 2.05) is 0 Å². The van der Waals surface area contributed by atoms with Crippen LogP contribution < -0.4 is 5.32 Å². The van der Waals surface area contributed by atoms with Crippen LogP contribution in [0, 0.1) is 0 Å². The summed E-state index contributed by atoms with van der Waals surface area (Å²) in [7, 11) is 0. The van der Waals surface area contributed by atoms with Gasteiger partial charge in [-0.15, -0.1) is 0 Å². The van der Waals surface area contributed by atoms with Crippen molar-refractivity contribution in [3.63, 3.8) is 0 Å². The van der Waals surface area contributed by atoms with Gasteiger partial charge in [0.1, 0.15) is 0 Å². The number of ether oxygens (including phenoxy) is 1. The molecule has 1 saturated heterocycles. The molecule has 74 valence electrons. The predicted octanol–water partition coefficient (Wildman–Crippen LogP) is 0.444. The summed E-state index contributed by atoms with van der Waals surface area (Å²) >= 11 is 0. The molecule has 2 rings (SSSR count). The molecule has 1 aliphatic heterocycles. The number of hydrogen-bond donors (Lipinski definition) is 2. The molecule has 0 saturated carbocycles. The van der Waals surface area contributed by atoms with E-state index in [1.165, 1.54) is 19.3 Å². The number of hydrogen-bond acceptors (Lipinski definition) is 3. The van der Waals surface area contributed by atoms with E-state index in [0.717, 1.165) is 0 Å². The number of aliphatic hydroxyl groups excluding tert-OH is 1. The fourth-order valence-corrected chi connectivity index (χ4v) is 1.93. The van der Waals surface area contributed by atoms with Gasteiger partial charge in [-0.25, -0.2) is 0 Å². The summed E-state index contributed by atoms with van der Waals surface area (Å²) in [5, 5.41) is 12.9. The minimum absolute atomic E-state index is 0.132. The van der Waals surface area contributed by atoms with Gasteiger partial charge in [0.2, 0.25) is 0 Å². The first-order valence-corrected chi connectivity index (χ1v) is 5.05. The van der Waals surface area contributed by atoms with E-state index in [-0.39, 0.29) is 12.1 Å². The van der Waals surface area contributed by atoms with Gasteiger partial charge in [-0.3, -0.25) is 0 Å². The Balaban J connectivity index is 1.82. The van der Waals surface area contributed by atoms with Crippen LogP contribution in [0.3, 0.4) is 0 Å². The second-order valence-corrected chi connectivity index (χ2v) is 3.84. The molecular weight excluding hydrogens is 166 g/mol. The smallest absolute Gasteiger partial charge is 0.0948 e. The Morgan fingerprint density at radius 2 is 2.31 bits per heavy atom. The molecule has 3 nitrogen and oxygen atoms in total. The summed E-state index contributed by atoms with van der Waals surface area (Å²) in [5.74, 6) is 0. The molecule has 1 aliphatic carbocycles. The average molecular weight is 183 g/mol. The highest BCUT2D eigenvalue weighted by atomic mass is 16.5. The third kappa shape index (κ3) is 2.30. The van der Waals surface area contributed by atoms with Crippen LogP contribution >= 0.6 is 0 Å². The first-order chi connectivity index (χ1) is 6.36. The lowest BCUT2D eigenvalue weighted by molar-refractivity contribution is 0.121. The fraction of sp³-hybridized carbons (Fsp3) is 0.800. The van der Waals surface area contributed by atoms with Crippen LogP contribution in [0.4, 0.5) is 0 Å². The van der Waals surface area contributed by atoms with Crippen molar-refractivity contribution >= 4 is 0 Å². The Bertz CT molecular complexity index is 193. The fourth-order valence-electron chi connectivity index (χ4n) is 1.93. The molecule has 0 aromatic rings. The van der Waals surface area contributed by atoms with Gasteiger partial charge >= 0.3 is 0 Å². The van der Waals surface area contributed by atoms with Crippen molar-refractivity contribution in [3.05, 3.63) is 12.2 Å². The van der Waals surface area contributed by atoms with Gasteiger partial charge in [0.15, 0.2) is 0 Å². The van der Waals surface area contributed by atoms with Crippen molar-refractivity contribution in [1.82, 2.24) is 5.32 Å². The minimum Gasteiger partial charge on any atom is -0.389 e. The lowest BCUT2D eigenvalue weighted by Crippen LogP contribution is -2.44. The Hall–Kier alpha value is -0.380. The van der Waals surface area contributed by atoms with Crippen LogP contribution in [0.15, 0.2) is 12.2 Å². The van der Waals surface area contributed by atoms with Crippen molar-refractivity contribution in [2.45, 2.75) is 37.5 Å². The van der Waals surface area contributed by atoms with E-state index in [1.54, 1.807) is 0 Å². The maximum absolute atomic E-state index is 9.51. The van der Waals surface area contributed by atoms with Crippen LogP contribution in [0.2, 0.25) is 0 Å². The molecule has 13 heavy (non-hydrogen) atoms. The Kier molecular flexibility index (Phi) is 2.98. The maximum Gasteiger partial charge on any atom is 0.0948 e. The summed E-state index contributed by atoms with van der Waals surface area (Å²) in [6.45, 7) is 1.12. The van der Waals surface area contributed by atoms with Gasteiger partial charge < -0.3 is 15.2 Å². The summed E-state index contributed by atoms with van der Waals surface area (Å²) in [4.78, 5) is 0. The SMILES string of the molecule is OC1COCC1NC1C=CCCC1. The summed E-state index contributed by atoms with van der Waals surface area (Å²) in [6, 6.07) is 0.572. The number of rotatable bonds is 2. The third-order valence-corrected chi connectivity index (χ3v) is 2.73. The van der Waals surface area contributed by atoms with Gasteiger partial charge in [-0.1, -0.05) is 12.2 Å². The summed E-state index contributed by atoms with van der Waals surface area (Å²) in [5.41, 5.74) is 0. The first kappa shape index (κ1) is 9.19. The maximum atomic E-state index is 9.51. The third-order valence-electron chi connectivity index (χ3n) is 2.73. The van der Waals surface area contributed by atoms with Gasteiger partial charge in [0.05, 0.1) is 25.4 Å². The normalized spacial score (nSPS) is 39.6. The van der Waals surface area contributed by atoms with E-state index >= 15 is 0 Å². The van der Waals surface area contributed by atoms with Crippen LogP contribution in [-0.4, -0.2) is 36.5 Å². The summed E-state index contributed by atoms with van der Waals surface area (Å²) < 4.78 is 5.17. The molecule has 3 heteroatoms. The molecule has 2 aliphatic rings. The molecule has 0 bridgehead atoms. The second kappa shape index (κ2) is 4.22. The van der Waals surface area contributed by atoms with E-state index in [2.05, 4.69) is 17.5 Å². The molecule has 1 fully saturated rings. The Morgan fingerprint density at radius 3 is 2.92 bits per heavy atom. The van der Waals surface area contributed by atoms with Crippen molar-refractivity contribution in [1.29, 1.82) is 0 Å². The zero-order valence-electron chi connectivity index (χ0n) is 7.78. The predicted molar refractivity (Wildman–Crippen MR) is 50.5 cm³/mol. The van der Waals surface area contributed by atoms with Crippen molar-refractivity contribution in [2.24, 2.45) is 0 Å². The summed E-state index contributed by atoms with van der Waals surface area (Å²) in [6.07, 6.45) is 7.72. The van der Waals surface area contributed by atoms with Crippen molar-refractivity contribution < 1.29 is 9.84 Å². The molecule has 0 spiro atoms. The van der Waals surface area contributed by atoms with Crippen LogP contribution in [-0.2, 0) is 4.74 Å². The quantitative estimate of drug-likeness (QED) is 0.611. The van der Waals surface area contributed by atoms with Gasteiger partial charge in [-0.2, -0.15) is 0 Å². The topological polar surface area (TPSA) is 41.5 Å². The van der Waals surface area contributed by atoms with Gasteiger partial charge in [0.25, 0.3) is 0 Å². The largest absolute Gasteiger partial charge is 0.389 e. The number of allylic oxidation sites excluding steroid dienone is 1. The second-order valence-electron chi connectivity index (χ2n) is 3.84. The highest BCUT2D eigenvalue weighted by Crippen LogP contribution is 2.13. The van der Waals surface area contributed by atoms with Crippen LogP contribution in [0.5, 0.6) is 0 Å². The van der Waals surface area contributed by atoms with Crippen LogP contribution in [0.1, 0.15) is 19.3 Å². The zero-order chi connectivity index (χ0) is 9.10. The molecule has 3 atom stereocenters. The highest BCUT2D eigenvalue weighted by molar-refractivity contribution is 4.99. The number of nitrogens with one attached hydrogen (secondary N) is 1. The molecule has 2 N–H and O–H groups in total. The first-order valence-electron chi connectivity index (χ1n) is 5.05. The Morgan fingerprint density at radius 1 is 1.38 bits per heavy atom. The van der Waals surface area contributed by atoms with Gasteiger partial charge in [-0.05, 0) is 19.3 Å². The average Bonchev–Trinajstić information content (AvgIpc) is 2.54. The Labute approximate surface area is 78.8 Å². The van der Waals surface area contributed by atoms with Crippen molar-refractivity contribution in [2.75, 3.05) is 13.2 Å². The minimum atomic E-state index is -0.324. The number of aliphatic hydroxyl groups is 1. The monoisotopic (exact) mass is 183 g/mol. The van der Waals surface area contributed by atoms with E-state index in [9.17, 15) is 5.11 Å². The zero-order valence-corrected chi connectivity index (χ0v) is 7.78. The lowest BCUT2D eigenvalue weighted by Gasteiger charge is -2.23. The molecule has 0 amide bonds. The molecule has 3 unspecified atom stereocenters. The highest BCUT2D eigenvalue weighted by Gasteiger charge is 2.27. The van der Waals surface area contributed by atoms with Crippen molar-refractivity contribution in [3.8, 4) is 0 Å². The van der Waals surface area contributed by atoms with Gasteiger partial charge in [0, 0.05) is 6.04 Å². The molecule has 0 radical (unpaired) electrons. The van der Waals surface area contributed by atoms with E-state index in [4.69, 9.17) is 4.74 Å². The standard InChI is InChI=1S/C10H17NO2/c12-10-7-13-6-9(10)11-8-4-2-1-3-5-8/h2,4,8-12H,1,3,5-7H2. The van der Waals surface area contributed by atoms with E-state index < -0.39 is 0 Å². The molecular formula is C10H17NO2. The molecule has 0 aromatic carbocycles. The molecule has 1 heterocycles.